The van der Waals surface area contributed by atoms with Gasteiger partial charge in [-0.15, -0.1) is 0 Å². The number of hydrogen-bond acceptors (Lipinski definition) is 3. The second kappa shape index (κ2) is 17.8. The van der Waals surface area contributed by atoms with Crippen LogP contribution in [-0.4, -0.2) is 40.7 Å². The van der Waals surface area contributed by atoms with E-state index in [9.17, 15) is 18.3 Å². The van der Waals surface area contributed by atoms with E-state index in [4.69, 9.17) is 10.8 Å². The Labute approximate surface area is 209 Å². The Bertz CT molecular complexity index is 850. The van der Waals surface area contributed by atoms with Crippen molar-refractivity contribution in [2.24, 2.45) is 5.73 Å². The van der Waals surface area contributed by atoms with E-state index in [2.05, 4.69) is 0 Å². The minimum absolute atomic E-state index is 0.375. The summed E-state index contributed by atoms with van der Waals surface area (Å²) >= 11 is 0. The molecule has 198 valence electrons. The smallest absolute Gasteiger partial charge is 0.416 e. The van der Waals surface area contributed by atoms with Crippen molar-refractivity contribution in [3.63, 3.8) is 0 Å². The summed E-state index contributed by atoms with van der Waals surface area (Å²) in [5.74, 6) is -0.388. The Balaban J connectivity index is 0.000000975. The number of rotatable bonds is 3. The van der Waals surface area contributed by atoms with Crippen molar-refractivity contribution in [2.75, 3.05) is 20.2 Å². The number of phenols is 1. The Morgan fingerprint density at radius 3 is 2.06 bits per heavy atom. The highest BCUT2D eigenvalue weighted by molar-refractivity contribution is 6.11. The lowest BCUT2D eigenvalue weighted by Crippen LogP contribution is -2.26. The van der Waals surface area contributed by atoms with E-state index >= 15 is 0 Å². The van der Waals surface area contributed by atoms with Gasteiger partial charge in [0, 0.05) is 24.8 Å². The van der Waals surface area contributed by atoms with Gasteiger partial charge in [-0.3, -0.25) is 0 Å². The Morgan fingerprint density at radius 2 is 1.60 bits per heavy atom. The summed E-state index contributed by atoms with van der Waals surface area (Å²) in [4.78, 5) is 0. The van der Waals surface area contributed by atoms with E-state index < -0.39 is 11.7 Å². The monoisotopic (exact) mass is 497 g/mol. The lowest BCUT2D eigenvalue weighted by molar-refractivity contribution is -0.516. The standard InChI is InChI=1S/C19H21F3N2O.C6H12.C2H6.CH4O/c1-13-6-4-3-5-10-24(11-9-14(2)23)18(13)16-8-7-15(12-17(16)25)19(20,21)22;1-2-4-6-5-3-1;2*1-2/h3-4,6-9,12H,5,10-11,23H2,1-2H3;1-6H2;1-2H3;2H,1H3/p+1/b4-3-,13-6+,14-9+;;;. The molecule has 0 bridgehead atoms. The normalized spacial score (nSPS) is 18.7. The topological polar surface area (TPSA) is 69.5 Å². The summed E-state index contributed by atoms with van der Waals surface area (Å²) in [5.41, 5.74) is 7.44. The Morgan fingerprint density at radius 1 is 1.06 bits per heavy atom. The quantitative estimate of drug-likeness (QED) is 0.396. The second-order valence-electron chi connectivity index (χ2n) is 8.16. The summed E-state index contributed by atoms with van der Waals surface area (Å²) in [6.07, 6.45) is 13.0. The molecule has 1 aromatic carbocycles. The first-order chi connectivity index (χ1) is 16.7. The molecule has 4 nitrogen and oxygen atoms in total. The van der Waals surface area contributed by atoms with Crippen molar-refractivity contribution in [3.8, 4) is 5.75 Å². The number of alkyl halides is 3. The second-order valence-corrected chi connectivity index (χ2v) is 8.16. The third kappa shape index (κ3) is 12.1. The fourth-order valence-corrected chi connectivity index (χ4v) is 3.77. The van der Waals surface area contributed by atoms with Crippen molar-refractivity contribution >= 4 is 5.71 Å². The number of aromatic hydroxyl groups is 1. The maximum absolute atomic E-state index is 12.9. The summed E-state index contributed by atoms with van der Waals surface area (Å²) in [6, 6.07) is 3.08. The minimum Gasteiger partial charge on any atom is -0.507 e. The molecule has 1 aliphatic heterocycles. The van der Waals surface area contributed by atoms with Gasteiger partial charge in [-0.1, -0.05) is 70.6 Å². The van der Waals surface area contributed by atoms with Gasteiger partial charge in [0.25, 0.3) is 0 Å². The Kier molecular flexibility index (Phi) is 16.5. The van der Waals surface area contributed by atoms with E-state index in [0.29, 0.717) is 30.1 Å². The van der Waals surface area contributed by atoms with Gasteiger partial charge >= 0.3 is 6.18 Å². The van der Waals surface area contributed by atoms with Crippen molar-refractivity contribution in [3.05, 3.63) is 64.9 Å². The lowest BCUT2D eigenvalue weighted by Gasteiger charge is -2.14. The molecule has 0 unspecified atom stereocenters. The molecule has 1 saturated carbocycles. The minimum atomic E-state index is -4.49. The number of allylic oxidation sites excluding steroid dienone is 4. The number of aliphatic hydroxyl groups is 1. The maximum atomic E-state index is 12.9. The molecule has 2 aliphatic rings. The number of aliphatic hydroxyl groups excluding tert-OH is 1. The molecular formula is C28H44F3N2O2+. The van der Waals surface area contributed by atoms with Crippen LogP contribution in [0.4, 0.5) is 13.2 Å². The van der Waals surface area contributed by atoms with Crippen LogP contribution in [0.1, 0.15) is 83.8 Å². The zero-order valence-electron chi connectivity index (χ0n) is 22.0. The molecule has 1 heterocycles. The van der Waals surface area contributed by atoms with Crippen molar-refractivity contribution in [1.29, 1.82) is 0 Å². The van der Waals surface area contributed by atoms with Crippen LogP contribution in [0.15, 0.2) is 53.8 Å². The molecule has 35 heavy (non-hydrogen) atoms. The summed E-state index contributed by atoms with van der Waals surface area (Å²) in [6.45, 7) is 8.83. The van der Waals surface area contributed by atoms with Crippen LogP contribution in [0.25, 0.3) is 0 Å². The van der Waals surface area contributed by atoms with Gasteiger partial charge in [-0.25, -0.2) is 4.58 Å². The van der Waals surface area contributed by atoms with E-state index in [1.165, 1.54) is 44.6 Å². The zero-order valence-corrected chi connectivity index (χ0v) is 22.0. The molecule has 1 aliphatic carbocycles. The fraction of sp³-hybridized carbons (Fsp3) is 0.536. The molecule has 0 aromatic heterocycles. The van der Waals surface area contributed by atoms with E-state index in [1.807, 2.05) is 49.7 Å². The van der Waals surface area contributed by atoms with Crippen LogP contribution < -0.4 is 5.73 Å². The van der Waals surface area contributed by atoms with Crippen LogP contribution in [0.5, 0.6) is 5.75 Å². The number of benzene rings is 1. The van der Waals surface area contributed by atoms with Gasteiger partial charge in [0.1, 0.15) is 12.3 Å². The molecule has 1 aromatic rings. The Hall–Kier alpha value is -2.54. The molecule has 0 atom stereocenters. The van der Waals surface area contributed by atoms with Gasteiger partial charge in [-0.2, -0.15) is 13.2 Å². The first-order valence-electron chi connectivity index (χ1n) is 12.4. The highest BCUT2D eigenvalue weighted by atomic mass is 19.4. The van der Waals surface area contributed by atoms with Gasteiger partial charge in [0.2, 0.25) is 5.71 Å². The SMILES string of the molecule is C/C(N)=C\C[N+]1=C(c2ccc(C(F)(F)F)cc2O)/C(C)=C/C=C\CC1.C1CCCCC1.CC.CO. The first kappa shape index (κ1) is 32.5. The summed E-state index contributed by atoms with van der Waals surface area (Å²) in [5, 5.41) is 17.2. The van der Waals surface area contributed by atoms with Crippen LogP contribution in [-0.2, 0) is 6.18 Å². The number of phenolic OH excluding ortho intramolecular Hbond substituents is 1. The van der Waals surface area contributed by atoms with Crippen molar-refractivity contribution < 1.29 is 28.0 Å². The van der Waals surface area contributed by atoms with E-state index in [1.54, 1.807) is 6.92 Å². The van der Waals surface area contributed by atoms with Crippen LogP contribution in [0, 0.1) is 0 Å². The number of hydrogen-bond donors (Lipinski definition) is 3. The van der Waals surface area contributed by atoms with Crippen LogP contribution >= 0.6 is 0 Å². The average Bonchev–Trinajstić information content (AvgIpc) is 2.85. The van der Waals surface area contributed by atoms with E-state index in [-0.39, 0.29) is 5.75 Å². The predicted molar refractivity (Wildman–Crippen MR) is 140 cm³/mol. The maximum Gasteiger partial charge on any atom is 0.416 e. The third-order valence-corrected chi connectivity index (χ3v) is 5.45. The first-order valence-corrected chi connectivity index (χ1v) is 12.4. The molecule has 0 spiro atoms. The average molecular weight is 498 g/mol. The van der Waals surface area contributed by atoms with Crippen LogP contribution in [0.3, 0.4) is 0 Å². The molecule has 0 amide bonds. The number of nitrogens with zero attached hydrogens (tertiary/aromatic N) is 1. The lowest BCUT2D eigenvalue weighted by atomic mass is 9.98. The van der Waals surface area contributed by atoms with Gasteiger partial charge in [0.15, 0.2) is 6.54 Å². The molecule has 1 fully saturated rings. The number of nitrogens with two attached hydrogens (primary N) is 1. The molecule has 0 radical (unpaired) electrons. The fourth-order valence-electron chi connectivity index (χ4n) is 3.77. The van der Waals surface area contributed by atoms with Gasteiger partial charge < -0.3 is 15.9 Å². The van der Waals surface area contributed by atoms with Crippen LogP contribution in [0.2, 0.25) is 0 Å². The van der Waals surface area contributed by atoms with Crippen molar-refractivity contribution in [1.82, 2.24) is 0 Å². The number of halogens is 3. The van der Waals surface area contributed by atoms with Gasteiger partial charge in [0.05, 0.1) is 11.1 Å². The molecule has 7 heteroatoms. The third-order valence-electron chi connectivity index (χ3n) is 5.45. The molecule has 3 rings (SSSR count). The molecule has 4 N–H and O–H groups in total. The molecular weight excluding hydrogens is 453 g/mol. The van der Waals surface area contributed by atoms with Crippen molar-refractivity contribution in [2.45, 2.75) is 78.8 Å². The largest absolute Gasteiger partial charge is 0.507 e. The summed E-state index contributed by atoms with van der Waals surface area (Å²) in [7, 11) is 1.00. The van der Waals surface area contributed by atoms with Gasteiger partial charge in [-0.05, 0) is 38.1 Å². The predicted octanol–water partition coefficient (Wildman–Crippen LogP) is 6.96. The summed E-state index contributed by atoms with van der Waals surface area (Å²) < 4.78 is 40.6. The molecule has 0 saturated heterocycles. The highest BCUT2D eigenvalue weighted by Gasteiger charge is 2.32. The highest BCUT2D eigenvalue weighted by Crippen LogP contribution is 2.33. The van der Waals surface area contributed by atoms with E-state index in [0.717, 1.165) is 31.2 Å². The zero-order chi connectivity index (χ0) is 26.9.